The van der Waals surface area contributed by atoms with Gasteiger partial charge >= 0.3 is 5.97 Å². The number of ether oxygens (including phenoxy) is 1. The maximum Gasteiger partial charge on any atom is 0.340 e. The fourth-order valence-corrected chi connectivity index (χ4v) is 1.59. The van der Waals surface area contributed by atoms with Crippen LogP contribution in [-0.2, 0) is 11.8 Å². The quantitative estimate of drug-likeness (QED) is 0.634. The molecular formula is C12H14N4O2. The Morgan fingerprint density at radius 3 is 2.89 bits per heavy atom. The van der Waals surface area contributed by atoms with E-state index in [0.29, 0.717) is 16.9 Å². The number of carbonyl (C=O) groups excluding carboxylic acids is 1. The van der Waals surface area contributed by atoms with Gasteiger partial charge in [0.15, 0.2) is 0 Å². The molecule has 0 fully saturated rings. The molecule has 1 aromatic heterocycles. The molecule has 0 saturated heterocycles. The highest BCUT2D eigenvalue weighted by atomic mass is 16.5. The monoisotopic (exact) mass is 246 g/mol. The average Bonchev–Trinajstić information content (AvgIpc) is 2.76. The Balaban J connectivity index is 2.35. The van der Waals surface area contributed by atoms with Gasteiger partial charge in [0, 0.05) is 18.9 Å². The Bertz CT molecular complexity index is 577. The van der Waals surface area contributed by atoms with Gasteiger partial charge in [0.1, 0.15) is 0 Å². The summed E-state index contributed by atoms with van der Waals surface area (Å²) < 4.78 is 6.38. The maximum absolute atomic E-state index is 11.6. The van der Waals surface area contributed by atoms with Gasteiger partial charge in [-0.05, 0) is 18.2 Å². The molecule has 0 amide bonds. The van der Waals surface area contributed by atoms with Crippen molar-refractivity contribution in [3.05, 3.63) is 36.2 Å². The molecule has 18 heavy (non-hydrogen) atoms. The number of nitrogens with one attached hydrogen (secondary N) is 1. The van der Waals surface area contributed by atoms with Crippen LogP contribution < -0.4 is 11.1 Å². The molecule has 0 unspecified atom stereocenters. The number of aromatic nitrogens is 2. The molecule has 2 rings (SSSR count). The van der Waals surface area contributed by atoms with Crippen LogP contribution in [0.2, 0.25) is 0 Å². The van der Waals surface area contributed by atoms with Crippen molar-refractivity contribution in [3.8, 4) is 0 Å². The van der Waals surface area contributed by atoms with Gasteiger partial charge in [-0.3, -0.25) is 4.68 Å². The van der Waals surface area contributed by atoms with Crippen LogP contribution in [0.15, 0.2) is 30.6 Å². The number of carbonyl (C=O) groups is 1. The van der Waals surface area contributed by atoms with Crippen molar-refractivity contribution in [2.45, 2.75) is 0 Å². The minimum Gasteiger partial charge on any atom is -0.465 e. The molecule has 1 heterocycles. The second-order valence-electron chi connectivity index (χ2n) is 3.82. The summed E-state index contributed by atoms with van der Waals surface area (Å²) in [6, 6.07) is 5.02. The number of hydrogen-bond acceptors (Lipinski definition) is 5. The van der Waals surface area contributed by atoms with Gasteiger partial charge in [-0.25, -0.2) is 4.79 Å². The van der Waals surface area contributed by atoms with Crippen LogP contribution >= 0.6 is 0 Å². The number of esters is 1. The zero-order valence-electron chi connectivity index (χ0n) is 10.2. The zero-order chi connectivity index (χ0) is 13.1. The van der Waals surface area contributed by atoms with Crippen LogP contribution in [0.3, 0.4) is 0 Å². The van der Waals surface area contributed by atoms with Crippen LogP contribution in [0.1, 0.15) is 10.4 Å². The highest BCUT2D eigenvalue weighted by Gasteiger charge is 2.12. The number of hydrogen-bond donors (Lipinski definition) is 2. The first-order valence-corrected chi connectivity index (χ1v) is 5.33. The number of nitrogen functional groups attached to an aromatic ring is 1. The van der Waals surface area contributed by atoms with Crippen molar-refractivity contribution in [1.82, 2.24) is 9.78 Å². The Morgan fingerprint density at radius 1 is 1.50 bits per heavy atom. The molecule has 6 heteroatoms. The van der Waals surface area contributed by atoms with E-state index in [1.54, 1.807) is 35.3 Å². The maximum atomic E-state index is 11.6. The molecule has 0 aliphatic rings. The van der Waals surface area contributed by atoms with Crippen molar-refractivity contribution < 1.29 is 9.53 Å². The van der Waals surface area contributed by atoms with Crippen molar-refractivity contribution in [3.63, 3.8) is 0 Å². The van der Waals surface area contributed by atoms with Gasteiger partial charge in [0.05, 0.1) is 30.2 Å². The Hall–Kier alpha value is -2.50. The van der Waals surface area contributed by atoms with E-state index < -0.39 is 5.97 Å². The molecule has 0 bridgehead atoms. The lowest BCUT2D eigenvalue weighted by Crippen LogP contribution is -2.06. The number of aryl methyl sites for hydroxylation is 1. The van der Waals surface area contributed by atoms with Crippen LogP contribution in [0.5, 0.6) is 0 Å². The third-order valence-corrected chi connectivity index (χ3v) is 2.43. The molecule has 0 spiro atoms. The van der Waals surface area contributed by atoms with Crippen molar-refractivity contribution in [1.29, 1.82) is 0 Å². The lowest BCUT2D eigenvalue weighted by atomic mass is 10.1. The van der Waals surface area contributed by atoms with E-state index in [1.165, 1.54) is 7.11 Å². The van der Waals surface area contributed by atoms with Crippen molar-refractivity contribution >= 4 is 23.0 Å². The fourth-order valence-electron chi connectivity index (χ4n) is 1.59. The normalized spacial score (nSPS) is 10.1. The molecule has 0 saturated carbocycles. The smallest absolute Gasteiger partial charge is 0.340 e. The average molecular weight is 246 g/mol. The highest BCUT2D eigenvalue weighted by molar-refractivity contribution is 5.97. The fraction of sp³-hybridized carbons (Fsp3) is 0.167. The van der Waals surface area contributed by atoms with Crippen molar-refractivity contribution in [2.24, 2.45) is 7.05 Å². The third kappa shape index (κ3) is 2.42. The van der Waals surface area contributed by atoms with Gasteiger partial charge < -0.3 is 15.8 Å². The molecule has 6 nitrogen and oxygen atoms in total. The van der Waals surface area contributed by atoms with E-state index in [9.17, 15) is 4.79 Å². The predicted octanol–water partition coefficient (Wildman–Crippen LogP) is 1.53. The highest BCUT2D eigenvalue weighted by Crippen LogP contribution is 2.23. The number of nitrogens with two attached hydrogens (primary N) is 1. The molecule has 0 radical (unpaired) electrons. The summed E-state index contributed by atoms with van der Waals surface area (Å²) in [5.41, 5.74) is 7.98. The van der Waals surface area contributed by atoms with Crippen LogP contribution in [0.4, 0.5) is 17.1 Å². The summed E-state index contributed by atoms with van der Waals surface area (Å²) in [5.74, 6) is -0.436. The predicted molar refractivity (Wildman–Crippen MR) is 68.7 cm³/mol. The molecule has 0 aliphatic heterocycles. The minimum atomic E-state index is -0.436. The van der Waals surface area contributed by atoms with Gasteiger partial charge in [0.2, 0.25) is 0 Å². The first-order valence-electron chi connectivity index (χ1n) is 5.33. The number of anilines is 3. The molecule has 0 atom stereocenters. The summed E-state index contributed by atoms with van der Waals surface area (Å²) in [5, 5.41) is 7.13. The lowest BCUT2D eigenvalue weighted by Gasteiger charge is -2.09. The van der Waals surface area contributed by atoms with E-state index in [0.717, 1.165) is 5.69 Å². The molecule has 0 aliphatic carbocycles. The largest absolute Gasteiger partial charge is 0.465 e. The van der Waals surface area contributed by atoms with Gasteiger partial charge in [0.25, 0.3) is 0 Å². The van der Waals surface area contributed by atoms with E-state index in [-0.39, 0.29) is 0 Å². The third-order valence-electron chi connectivity index (χ3n) is 2.43. The number of rotatable bonds is 3. The molecule has 94 valence electrons. The first kappa shape index (κ1) is 12.0. The van der Waals surface area contributed by atoms with Crippen molar-refractivity contribution in [2.75, 3.05) is 18.2 Å². The molecule has 2 aromatic rings. The summed E-state index contributed by atoms with van der Waals surface area (Å²) >= 11 is 0. The van der Waals surface area contributed by atoms with Gasteiger partial charge in [-0.2, -0.15) is 5.10 Å². The molecular weight excluding hydrogens is 232 g/mol. The Kier molecular flexibility index (Phi) is 3.18. The van der Waals surface area contributed by atoms with Crippen LogP contribution in [-0.4, -0.2) is 22.9 Å². The van der Waals surface area contributed by atoms with Gasteiger partial charge in [-0.1, -0.05) is 0 Å². The standard InChI is InChI=1S/C12H14N4O2/c1-16-7-9(6-14-16)15-11-4-3-8(13)5-10(11)12(17)18-2/h3-7,15H,13H2,1-2H3. The summed E-state index contributed by atoms with van der Waals surface area (Å²) in [6.45, 7) is 0. The topological polar surface area (TPSA) is 82.2 Å². The zero-order valence-corrected chi connectivity index (χ0v) is 10.2. The Morgan fingerprint density at radius 2 is 2.28 bits per heavy atom. The second-order valence-corrected chi connectivity index (χ2v) is 3.82. The Labute approximate surface area is 104 Å². The minimum absolute atomic E-state index is 0.390. The molecule has 3 N–H and O–H groups in total. The second kappa shape index (κ2) is 4.79. The molecule has 1 aromatic carbocycles. The van der Waals surface area contributed by atoms with Crippen LogP contribution in [0, 0.1) is 0 Å². The number of methoxy groups -OCH3 is 1. The lowest BCUT2D eigenvalue weighted by molar-refractivity contribution is 0.0602. The summed E-state index contributed by atoms with van der Waals surface area (Å²) in [6.07, 6.45) is 3.47. The van der Waals surface area contributed by atoms with Crippen LogP contribution in [0.25, 0.3) is 0 Å². The summed E-state index contributed by atoms with van der Waals surface area (Å²) in [4.78, 5) is 11.6. The summed E-state index contributed by atoms with van der Waals surface area (Å²) in [7, 11) is 3.15. The first-order chi connectivity index (χ1) is 8.60. The number of benzene rings is 1. The van der Waals surface area contributed by atoms with E-state index in [1.807, 2.05) is 7.05 Å². The number of nitrogens with zero attached hydrogens (tertiary/aromatic N) is 2. The van der Waals surface area contributed by atoms with Gasteiger partial charge in [-0.15, -0.1) is 0 Å². The van der Waals surface area contributed by atoms with E-state index in [4.69, 9.17) is 10.5 Å². The van der Waals surface area contributed by atoms with E-state index in [2.05, 4.69) is 10.4 Å². The van der Waals surface area contributed by atoms with E-state index >= 15 is 0 Å². The SMILES string of the molecule is COC(=O)c1cc(N)ccc1Nc1cnn(C)c1.